The van der Waals surface area contributed by atoms with Gasteiger partial charge in [0, 0.05) is 26.4 Å². The summed E-state index contributed by atoms with van der Waals surface area (Å²) in [5.41, 5.74) is 2.52. The molecule has 1 heterocycles. The third-order valence-corrected chi connectivity index (χ3v) is 1.96. The quantitative estimate of drug-likeness (QED) is 0.289. The number of aliphatic imine (C=N–C) groups is 1. The lowest BCUT2D eigenvalue weighted by atomic mass is 10.2. The lowest BCUT2D eigenvalue weighted by Crippen LogP contribution is -2.42. The topological polar surface area (TPSA) is 101 Å². The normalized spacial score (nSPS) is 11.9. The molecule has 0 unspecified atom stereocenters. The second-order valence-corrected chi connectivity index (χ2v) is 4.13. The first-order valence-corrected chi connectivity index (χ1v) is 5.66. The number of hydrazine groups is 1. The van der Waals surface area contributed by atoms with Crippen LogP contribution in [0.25, 0.3) is 0 Å². The van der Waals surface area contributed by atoms with E-state index in [9.17, 15) is 0 Å². The van der Waals surface area contributed by atoms with Crippen LogP contribution in [0.1, 0.15) is 25.6 Å². The van der Waals surface area contributed by atoms with Crippen molar-refractivity contribution in [1.29, 1.82) is 0 Å². The Hall–Kier alpha value is -1.63. The Labute approximate surface area is 101 Å². The molecule has 0 saturated heterocycles. The predicted octanol–water partition coefficient (Wildman–Crippen LogP) is -0.0146. The maximum atomic E-state index is 5.35. The van der Waals surface area contributed by atoms with E-state index in [2.05, 4.69) is 39.7 Å². The van der Waals surface area contributed by atoms with Crippen molar-refractivity contribution >= 4 is 5.96 Å². The van der Waals surface area contributed by atoms with Gasteiger partial charge in [-0.15, -0.1) is 0 Å². The molecule has 0 spiro atoms. The first-order chi connectivity index (χ1) is 8.11. The van der Waals surface area contributed by atoms with Gasteiger partial charge in [-0.1, -0.05) is 19.0 Å². The van der Waals surface area contributed by atoms with Crippen LogP contribution in [0.15, 0.2) is 9.52 Å². The summed E-state index contributed by atoms with van der Waals surface area (Å²) in [4.78, 5) is 8.38. The molecule has 7 nitrogen and oxygen atoms in total. The molecule has 1 rings (SSSR count). The van der Waals surface area contributed by atoms with Gasteiger partial charge in [0.2, 0.25) is 11.9 Å². The number of hydrogen-bond acceptors (Lipinski definition) is 5. The molecule has 0 saturated carbocycles. The largest absolute Gasteiger partial charge is 0.355 e. The third kappa shape index (κ3) is 5.30. The second kappa shape index (κ2) is 6.85. The molecule has 1 aromatic heterocycles. The van der Waals surface area contributed by atoms with Crippen molar-refractivity contribution in [2.45, 2.75) is 27.2 Å². The average molecular weight is 240 g/mol. The van der Waals surface area contributed by atoms with Crippen LogP contribution >= 0.6 is 0 Å². The van der Waals surface area contributed by atoms with Crippen LogP contribution in [0.4, 0.5) is 0 Å². The second-order valence-electron chi connectivity index (χ2n) is 4.13. The van der Waals surface area contributed by atoms with E-state index in [1.54, 1.807) is 6.92 Å². The van der Waals surface area contributed by atoms with Gasteiger partial charge in [0.15, 0.2) is 5.82 Å². The Balaban J connectivity index is 2.30. The number of nitrogens with zero attached hydrogens (tertiary/aromatic N) is 3. The molecule has 0 bridgehead atoms. The Kier molecular flexibility index (Phi) is 5.41. The zero-order valence-electron chi connectivity index (χ0n) is 10.5. The van der Waals surface area contributed by atoms with Crippen molar-refractivity contribution in [3.05, 3.63) is 11.7 Å². The van der Waals surface area contributed by atoms with E-state index in [1.165, 1.54) is 0 Å². The summed E-state index contributed by atoms with van der Waals surface area (Å²) in [7, 11) is 0. The lowest BCUT2D eigenvalue weighted by Gasteiger charge is -2.08. The molecule has 1 aromatic rings. The standard InChI is InChI=1S/C10H20N6O/c1-7(2)6-13-10(15-11)12-5-4-9-14-8(3)17-16-9/h7H,4-6,11H2,1-3H3,(H2,12,13,15). The summed E-state index contributed by atoms with van der Waals surface area (Å²) in [5, 5.41) is 6.87. The van der Waals surface area contributed by atoms with Gasteiger partial charge in [-0.3, -0.25) is 10.4 Å². The Morgan fingerprint density at radius 1 is 1.53 bits per heavy atom. The van der Waals surface area contributed by atoms with Crippen molar-refractivity contribution in [3.63, 3.8) is 0 Å². The maximum absolute atomic E-state index is 5.35. The maximum Gasteiger partial charge on any atom is 0.223 e. The van der Waals surface area contributed by atoms with Gasteiger partial charge in [0.1, 0.15) is 0 Å². The first-order valence-electron chi connectivity index (χ1n) is 5.66. The number of aryl methyl sites for hydroxylation is 1. The Bertz CT molecular complexity index is 359. The molecular weight excluding hydrogens is 220 g/mol. The highest BCUT2D eigenvalue weighted by atomic mass is 16.5. The van der Waals surface area contributed by atoms with Crippen LogP contribution < -0.4 is 16.6 Å². The summed E-state index contributed by atoms with van der Waals surface area (Å²) < 4.78 is 4.87. The minimum atomic E-state index is 0.500. The van der Waals surface area contributed by atoms with Crippen LogP contribution in [0.2, 0.25) is 0 Å². The molecule has 17 heavy (non-hydrogen) atoms. The summed E-state index contributed by atoms with van der Waals surface area (Å²) in [6, 6.07) is 0. The zero-order valence-corrected chi connectivity index (χ0v) is 10.5. The highest BCUT2D eigenvalue weighted by Crippen LogP contribution is 1.95. The fourth-order valence-electron chi connectivity index (χ4n) is 1.16. The molecule has 0 aliphatic heterocycles. The summed E-state index contributed by atoms with van der Waals surface area (Å²) >= 11 is 0. The smallest absolute Gasteiger partial charge is 0.223 e. The van der Waals surface area contributed by atoms with Gasteiger partial charge >= 0.3 is 0 Å². The van der Waals surface area contributed by atoms with Crippen molar-refractivity contribution in [3.8, 4) is 0 Å². The number of rotatable bonds is 5. The van der Waals surface area contributed by atoms with E-state index in [-0.39, 0.29) is 0 Å². The minimum Gasteiger partial charge on any atom is -0.355 e. The summed E-state index contributed by atoms with van der Waals surface area (Å²) in [6.07, 6.45) is 0.666. The molecule has 4 N–H and O–H groups in total. The lowest BCUT2D eigenvalue weighted by molar-refractivity contribution is 0.387. The van der Waals surface area contributed by atoms with E-state index in [4.69, 9.17) is 10.4 Å². The number of aromatic nitrogens is 2. The van der Waals surface area contributed by atoms with Crippen molar-refractivity contribution < 1.29 is 4.52 Å². The minimum absolute atomic E-state index is 0.500. The number of nitrogens with two attached hydrogens (primary N) is 1. The van der Waals surface area contributed by atoms with Gasteiger partial charge in [0.25, 0.3) is 0 Å². The van der Waals surface area contributed by atoms with Gasteiger partial charge < -0.3 is 9.84 Å². The summed E-state index contributed by atoms with van der Waals surface area (Å²) in [5.74, 6) is 7.68. The van der Waals surface area contributed by atoms with E-state index in [0.717, 1.165) is 6.54 Å². The van der Waals surface area contributed by atoms with E-state index in [0.29, 0.717) is 36.6 Å². The van der Waals surface area contributed by atoms with Gasteiger partial charge in [-0.25, -0.2) is 5.84 Å². The highest BCUT2D eigenvalue weighted by molar-refractivity contribution is 5.79. The molecule has 0 radical (unpaired) electrons. The van der Waals surface area contributed by atoms with E-state index >= 15 is 0 Å². The van der Waals surface area contributed by atoms with Crippen LogP contribution in [0, 0.1) is 12.8 Å². The molecule has 96 valence electrons. The van der Waals surface area contributed by atoms with Crippen molar-refractivity contribution in [2.24, 2.45) is 16.8 Å². The van der Waals surface area contributed by atoms with Crippen molar-refractivity contribution in [2.75, 3.05) is 13.1 Å². The van der Waals surface area contributed by atoms with Crippen LogP contribution in [0.5, 0.6) is 0 Å². The van der Waals surface area contributed by atoms with Gasteiger partial charge in [-0.2, -0.15) is 4.98 Å². The molecule has 0 aliphatic carbocycles. The molecule has 0 fully saturated rings. The molecule has 0 aromatic carbocycles. The predicted molar refractivity (Wildman–Crippen MR) is 65.2 cm³/mol. The van der Waals surface area contributed by atoms with Gasteiger partial charge in [0.05, 0.1) is 0 Å². The third-order valence-electron chi connectivity index (χ3n) is 1.96. The fourth-order valence-corrected chi connectivity index (χ4v) is 1.16. The number of guanidine groups is 1. The molecule has 0 atom stereocenters. The summed E-state index contributed by atoms with van der Waals surface area (Å²) in [6.45, 7) is 7.34. The van der Waals surface area contributed by atoms with Crippen LogP contribution in [-0.2, 0) is 6.42 Å². The van der Waals surface area contributed by atoms with Crippen LogP contribution in [0.3, 0.4) is 0 Å². The number of nitrogens with one attached hydrogen (secondary N) is 2. The Morgan fingerprint density at radius 2 is 2.29 bits per heavy atom. The molecule has 0 amide bonds. The number of hydrogen-bond donors (Lipinski definition) is 3. The monoisotopic (exact) mass is 240 g/mol. The molecular formula is C10H20N6O. The van der Waals surface area contributed by atoms with Gasteiger partial charge in [-0.05, 0) is 5.92 Å². The van der Waals surface area contributed by atoms with E-state index in [1.807, 2.05) is 0 Å². The van der Waals surface area contributed by atoms with Crippen LogP contribution in [-0.4, -0.2) is 29.2 Å². The average Bonchev–Trinajstić information content (AvgIpc) is 2.69. The molecule has 7 heteroatoms. The SMILES string of the molecule is Cc1nc(CCNC(=NCC(C)C)NN)no1. The zero-order chi connectivity index (χ0) is 12.7. The first kappa shape index (κ1) is 13.4. The van der Waals surface area contributed by atoms with Crippen molar-refractivity contribution in [1.82, 2.24) is 20.9 Å². The highest BCUT2D eigenvalue weighted by Gasteiger charge is 2.02. The Morgan fingerprint density at radius 3 is 2.82 bits per heavy atom. The fraction of sp³-hybridized carbons (Fsp3) is 0.700. The van der Waals surface area contributed by atoms with E-state index < -0.39 is 0 Å². The molecule has 0 aliphatic rings.